The number of hydrogen-bond acceptors (Lipinski definition) is 2. The van der Waals surface area contributed by atoms with E-state index < -0.39 is 0 Å². The lowest BCUT2D eigenvalue weighted by Gasteiger charge is -2.17. The molecule has 0 radical (unpaired) electrons. The molecule has 0 unspecified atom stereocenters. The summed E-state index contributed by atoms with van der Waals surface area (Å²) in [6.45, 7) is 3.70. The second kappa shape index (κ2) is 5.12. The van der Waals surface area contributed by atoms with Crippen LogP contribution in [-0.2, 0) is 11.3 Å². The van der Waals surface area contributed by atoms with Gasteiger partial charge < -0.3 is 4.90 Å². The Morgan fingerprint density at radius 2 is 1.90 bits per heavy atom. The zero-order valence-electron chi connectivity index (χ0n) is 11.6. The van der Waals surface area contributed by atoms with Gasteiger partial charge in [0, 0.05) is 24.5 Å². The molecule has 1 aliphatic rings. The fraction of sp³-hybridized carbons (Fsp3) is 0.375. The Hall–Kier alpha value is -2.10. The lowest BCUT2D eigenvalue weighted by molar-refractivity contribution is -0.130. The number of pyridine rings is 1. The topological polar surface area (TPSA) is 42.3 Å². The third kappa shape index (κ3) is 2.22. The van der Waals surface area contributed by atoms with Crippen LogP contribution in [-0.4, -0.2) is 28.5 Å². The van der Waals surface area contributed by atoms with Crippen LogP contribution in [0.25, 0.3) is 10.9 Å². The summed E-state index contributed by atoms with van der Waals surface area (Å²) in [7, 11) is 0. The fourth-order valence-electron chi connectivity index (χ4n) is 2.87. The van der Waals surface area contributed by atoms with Crippen LogP contribution in [0, 0.1) is 6.92 Å². The molecule has 1 amide bonds. The van der Waals surface area contributed by atoms with Crippen LogP contribution in [0.5, 0.6) is 0 Å². The van der Waals surface area contributed by atoms with Crippen molar-refractivity contribution in [2.75, 3.05) is 13.1 Å². The summed E-state index contributed by atoms with van der Waals surface area (Å²) in [4.78, 5) is 26.3. The van der Waals surface area contributed by atoms with Crippen molar-refractivity contribution in [3.63, 3.8) is 0 Å². The molecule has 3 rings (SSSR count). The van der Waals surface area contributed by atoms with E-state index in [4.69, 9.17) is 0 Å². The van der Waals surface area contributed by atoms with Crippen molar-refractivity contribution in [2.45, 2.75) is 26.3 Å². The smallest absolute Gasteiger partial charge is 0.251 e. The molecule has 0 saturated carbocycles. The van der Waals surface area contributed by atoms with Crippen molar-refractivity contribution in [2.24, 2.45) is 0 Å². The molecule has 2 heterocycles. The minimum absolute atomic E-state index is 0.0404. The van der Waals surface area contributed by atoms with Gasteiger partial charge in [-0.15, -0.1) is 0 Å². The molecule has 1 saturated heterocycles. The predicted octanol–water partition coefficient (Wildman–Crippen LogP) is 1.93. The van der Waals surface area contributed by atoms with Gasteiger partial charge in [-0.25, -0.2) is 0 Å². The van der Waals surface area contributed by atoms with Crippen molar-refractivity contribution in [3.05, 3.63) is 46.2 Å². The molecule has 0 aliphatic carbocycles. The maximum Gasteiger partial charge on any atom is 0.251 e. The minimum atomic E-state index is -0.103. The van der Waals surface area contributed by atoms with Crippen LogP contribution in [0.3, 0.4) is 0 Å². The van der Waals surface area contributed by atoms with Gasteiger partial charge in [0.1, 0.15) is 6.54 Å². The quantitative estimate of drug-likeness (QED) is 0.837. The van der Waals surface area contributed by atoms with Crippen LogP contribution >= 0.6 is 0 Å². The summed E-state index contributed by atoms with van der Waals surface area (Å²) in [5.74, 6) is 0.0404. The number of para-hydroxylation sites is 1. The van der Waals surface area contributed by atoms with Gasteiger partial charge in [0.15, 0.2) is 0 Å². The molecular formula is C16H18N2O2. The monoisotopic (exact) mass is 270 g/mol. The zero-order valence-corrected chi connectivity index (χ0v) is 11.6. The van der Waals surface area contributed by atoms with Crippen LogP contribution in [0.2, 0.25) is 0 Å². The van der Waals surface area contributed by atoms with Crippen molar-refractivity contribution >= 4 is 16.8 Å². The Labute approximate surface area is 117 Å². The van der Waals surface area contributed by atoms with Crippen molar-refractivity contribution in [1.82, 2.24) is 9.47 Å². The summed E-state index contributed by atoms with van der Waals surface area (Å²) in [5, 5.41) is 1.03. The molecule has 1 aromatic carbocycles. The van der Waals surface area contributed by atoms with Gasteiger partial charge in [0.05, 0.1) is 5.52 Å². The fourth-order valence-corrected chi connectivity index (χ4v) is 2.87. The first-order chi connectivity index (χ1) is 9.66. The SMILES string of the molecule is Cc1cc(=O)n(CC(=O)N2CCCC2)c2ccccc12. The summed E-state index contributed by atoms with van der Waals surface area (Å²) < 4.78 is 1.59. The molecule has 20 heavy (non-hydrogen) atoms. The third-order valence-electron chi connectivity index (χ3n) is 3.98. The first-order valence-electron chi connectivity index (χ1n) is 7.04. The Bertz CT molecular complexity index is 712. The average Bonchev–Trinajstić information content (AvgIpc) is 2.97. The van der Waals surface area contributed by atoms with Crippen LogP contribution < -0.4 is 5.56 Å². The largest absolute Gasteiger partial charge is 0.341 e. The molecule has 0 bridgehead atoms. The summed E-state index contributed by atoms with van der Waals surface area (Å²) in [6.07, 6.45) is 2.13. The number of aromatic nitrogens is 1. The number of benzene rings is 1. The molecule has 2 aromatic rings. The number of carbonyl (C=O) groups is 1. The first-order valence-corrected chi connectivity index (χ1v) is 7.04. The summed E-state index contributed by atoms with van der Waals surface area (Å²) >= 11 is 0. The zero-order chi connectivity index (χ0) is 14.1. The van der Waals surface area contributed by atoms with Gasteiger partial charge in [-0.2, -0.15) is 0 Å². The lowest BCUT2D eigenvalue weighted by Crippen LogP contribution is -2.34. The molecule has 1 aromatic heterocycles. The molecule has 0 N–H and O–H groups in total. The van der Waals surface area contributed by atoms with Crippen molar-refractivity contribution in [1.29, 1.82) is 0 Å². The highest BCUT2D eigenvalue weighted by Crippen LogP contribution is 2.16. The maximum atomic E-state index is 12.3. The van der Waals surface area contributed by atoms with E-state index in [1.54, 1.807) is 10.6 Å². The van der Waals surface area contributed by atoms with E-state index in [2.05, 4.69) is 0 Å². The van der Waals surface area contributed by atoms with E-state index in [1.165, 1.54) is 0 Å². The Kier molecular flexibility index (Phi) is 3.30. The van der Waals surface area contributed by atoms with Gasteiger partial charge in [-0.3, -0.25) is 14.2 Å². The standard InChI is InChI=1S/C16H18N2O2/c1-12-10-15(19)18(14-7-3-2-6-13(12)14)11-16(20)17-8-4-5-9-17/h2-3,6-7,10H,4-5,8-9,11H2,1H3. The molecule has 0 atom stereocenters. The number of nitrogens with zero attached hydrogens (tertiary/aromatic N) is 2. The van der Waals surface area contributed by atoms with E-state index in [0.29, 0.717) is 0 Å². The van der Waals surface area contributed by atoms with Gasteiger partial charge in [-0.05, 0) is 31.4 Å². The highest BCUT2D eigenvalue weighted by atomic mass is 16.2. The van der Waals surface area contributed by atoms with Crippen LogP contribution in [0.15, 0.2) is 35.1 Å². The number of fused-ring (bicyclic) bond motifs is 1. The molecular weight excluding hydrogens is 252 g/mol. The molecule has 4 heteroatoms. The summed E-state index contributed by atoms with van der Waals surface area (Å²) in [5.41, 5.74) is 1.69. The molecule has 4 nitrogen and oxygen atoms in total. The highest BCUT2D eigenvalue weighted by Gasteiger charge is 2.19. The molecule has 104 valence electrons. The summed E-state index contributed by atoms with van der Waals surface area (Å²) in [6, 6.07) is 9.35. The van der Waals surface area contributed by atoms with Crippen molar-refractivity contribution < 1.29 is 4.79 Å². The van der Waals surface area contributed by atoms with Gasteiger partial charge >= 0.3 is 0 Å². The Morgan fingerprint density at radius 1 is 1.20 bits per heavy atom. The van der Waals surface area contributed by atoms with E-state index in [0.717, 1.165) is 42.4 Å². The van der Waals surface area contributed by atoms with E-state index in [-0.39, 0.29) is 18.0 Å². The van der Waals surface area contributed by atoms with E-state index >= 15 is 0 Å². The second-order valence-electron chi connectivity index (χ2n) is 5.36. The number of amides is 1. The van der Waals surface area contributed by atoms with Gasteiger partial charge in [0.25, 0.3) is 5.56 Å². The van der Waals surface area contributed by atoms with Gasteiger partial charge in [0.2, 0.25) is 5.91 Å². The number of rotatable bonds is 2. The minimum Gasteiger partial charge on any atom is -0.341 e. The normalized spacial score (nSPS) is 14.9. The average molecular weight is 270 g/mol. The van der Waals surface area contributed by atoms with E-state index in [9.17, 15) is 9.59 Å². The lowest BCUT2D eigenvalue weighted by atomic mass is 10.1. The molecule has 1 fully saturated rings. The Balaban J connectivity index is 2.02. The number of likely N-dealkylation sites (tertiary alicyclic amines) is 1. The van der Waals surface area contributed by atoms with Gasteiger partial charge in [-0.1, -0.05) is 18.2 Å². The second-order valence-corrected chi connectivity index (χ2v) is 5.36. The van der Waals surface area contributed by atoms with Crippen molar-refractivity contribution in [3.8, 4) is 0 Å². The number of hydrogen-bond donors (Lipinski definition) is 0. The molecule has 1 aliphatic heterocycles. The van der Waals surface area contributed by atoms with Crippen LogP contribution in [0.4, 0.5) is 0 Å². The molecule has 0 spiro atoms. The predicted molar refractivity (Wildman–Crippen MR) is 78.8 cm³/mol. The number of carbonyl (C=O) groups excluding carboxylic acids is 1. The van der Waals surface area contributed by atoms with E-state index in [1.807, 2.05) is 36.1 Å². The third-order valence-corrected chi connectivity index (χ3v) is 3.98. The highest BCUT2D eigenvalue weighted by molar-refractivity contribution is 5.84. The van der Waals surface area contributed by atoms with Crippen LogP contribution in [0.1, 0.15) is 18.4 Å². The maximum absolute atomic E-state index is 12.3. The number of aryl methyl sites for hydroxylation is 1. The first kappa shape index (κ1) is 12.9. The Morgan fingerprint density at radius 3 is 2.65 bits per heavy atom.